The predicted molar refractivity (Wildman–Crippen MR) is 78.7 cm³/mol. The van der Waals surface area contributed by atoms with Gasteiger partial charge in [-0.15, -0.1) is 11.8 Å². The molecule has 1 aromatic carbocycles. The second kappa shape index (κ2) is 7.17. The normalized spacial score (nSPS) is 14.4. The first kappa shape index (κ1) is 14.7. The van der Waals surface area contributed by atoms with Crippen LogP contribution in [0.2, 0.25) is 5.02 Å². The van der Waals surface area contributed by atoms with E-state index in [-0.39, 0.29) is 5.97 Å². The first-order valence-electron chi connectivity index (χ1n) is 6.40. The van der Waals surface area contributed by atoms with E-state index in [0.29, 0.717) is 12.5 Å². The Morgan fingerprint density at radius 3 is 3.00 bits per heavy atom. The number of rotatable bonds is 7. The summed E-state index contributed by atoms with van der Waals surface area (Å²) in [5, 5.41) is 4.24. The molecule has 2 rings (SSSR count). The number of hydrogen-bond acceptors (Lipinski definition) is 4. The van der Waals surface area contributed by atoms with Crippen LogP contribution < -0.4 is 5.32 Å². The van der Waals surface area contributed by atoms with Gasteiger partial charge in [-0.2, -0.15) is 0 Å². The standard InChI is InChI=1S/C14H18ClNO2S/c1-18-14(17)6-7-19-13-5-2-11(15)8-10(13)9-16-12-3-4-12/h2,5,8,12,16H,3-4,6-7,9H2,1H3. The molecule has 0 unspecified atom stereocenters. The molecular weight excluding hydrogens is 282 g/mol. The van der Waals surface area contributed by atoms with Gasteiger partial charge in [-0.25, -0.2) is 0 Å². The lowest BCUT2D eigenvalue weighted by atomic mass is 10.2. The summed E-state index contributed by atoms with van der Waals surface area (Å²) in [5.41, 5.74) is 1.20. The van der Waals surface area contributed by atoms with Crippen molar-refractivity contribution in [2.45, 2.75) is 36.7 Å². The monoisotopic (exact) mass is 299 g/mol. The molecular formula is C14H18ClNO2S. The molecule has 0 saturated heterocycles. The predicted octanol–water partition coefficient (Wildman–Crippen LogP) is 3.25. The third-order valence-electron chi connectivity index (χ3n) is 2.97. The minimum atomic E-state index is -0.167. The van der Waals surface area contributed by atoms with E-state index in [1.165, 1.54) is 30.4 Å². The molecule has 104 valence electrons. The van der Waals surface area contributed by atoms with Crippen LogP contribution >= 0.6 is 23.4 Å². The van der Waals surface area contributed by atoms with Crippen LogP contribution in [-0.2, 0) is 16.1 Å². The summed E-state index contributed by atoms with van der Waals surface area (Å²) in [7, 11) is 1.42. The van der Waals surface area contributed by atoms with E-state index in [2.05, 4.69) is 10.1 Å². The molecule has 3 nitrogen and oxygen atoms in total. The Balaban J connectivity index is 1.91. The van der Waals surface area contributed by atoms with Crippen molar-refractivity contribution in [1.29, 1.82) is 0 Å². The maximum atomic E-state index is 11.1. The zero-order valence-electron chi connectivity index (χ0n) is 10.9. The minimum Gasteiger partial charge on any atom is -0.469 e. The lowest BCUT2D eigenvalue weighted by molar-refractivity contribution is -0.140. The topological polar surface area (TPSA) is 38.3 Å². The highest BCUT2D eigenvalue weighted by Gasteiger charge is 2.20. The van der Waals surface area contributed by atoms with Gasteiger partial charge in [0, 0.05) is 28.3 Å². The highest BCUT2D eigenvalue weighted by molar-refractivity contribution is 7.99. The number of benzene rings is 1. The van der Waals surface area contributed by atoms with E-state index in [1.54, 1.807) is 11.8 Å². The van der Waals surface area contributed by atoms with E-state index in [0.717, 1.165) is 17.3 Å². The summed E-state index contributed by atoms with van der Waals surface area (Å²) in [5.74, 6) is 0.559. The van der Waals surface area contributed by atoms with Crippen LogP contribution in [0.3, 0.4) is 0 Å². The van der Waals surface area contributed by atoms with E-state index < -0.39 is 0 Å². The van der Waals surface area contributed by atoms with E-state index in [4.69, 9.17) is 11.6 Å². The molecule has 1 N–H and O–H groups in total. The highest BCUT2D eigenvalue weighted by atomic mass is 35.5. The quantitative estimate of drug-likeness (QED) is 0.619. The number of carbonyl (C=O) groups is 1. The van der Waals surface area contributed by atoms with Crippen molar-refractivity contribution >= 4 is 29.3 Å². The molecule has 0 atom stereocenters. The van der Waals surface area contributed by atoms with Crippen LogP contribution in [0.5, 0.6) is 0 Å². The van der Waals surface area contributed by atoms with Gasteiger partial charge in [-0.05, 0) is 36.6 Å². The fourth-order valence-corrected chi connectivity index (χ4v) is 2.88. The minimum absolute atomic E-state index is 0.167. The van der Waals surface area contributed by atoms with Crippen molar-refractivity contribution in [1.82, 2.24) is 5.32 Å². The smallest absolute Gasteiger partial charge is 0.306 e. The summed E-state index contributed by atoms with van der Waals surface area (Å²) in [6.07, 6.45) is 2.97. The number of carbonyl (C=O) groups excluding carboxylic acids is 1. The van der Waals surface area contributed by atoms with Gasteiger partial charge in [-0.1, -0.05) is 11.6 Å². The summed E-state index contributed by atoms with van der Waals surface area (Å²) >= 11 is 7.72. The van der Waals surface area contributed by atoms with Crippen LogP contribution in [0, 0.1) is 0 Å². The van der Waals surface area contributed by atoms with Gasteiger partial charge in [0.25, 0.3) is 0 Å². The summed E-state index contributed by atoms with van der Waals surface area (Å²) in [6.45, 7) is 0.839. The summed E-state index contributed by atoms with van der Waals surface area (Å²) in [6, 6.07) is 6.58. The Hall–Kier alpha value is -0.710. The maximum Gasteiger partial charge on any atom is 0.306 e. The molecule has 0 amide bonds. The molecule has 1 aliphatic rings. The zero-order chi connectivity index (χ0) is 13.7. The number of nitrogens with one attached hydrogen (secondary N) is 1. The number of ether oxygens (including phenoxy) is 1. The molecule has 0 heterocycles. The Labute approximate surface area is 123 Å². The third-order valence-corrected chi connectivity index (χ3v) is 4.33. The second-order valence-corrected chi connectivity index (χ2v) is 6.15. The van der Waals surface area contributed by atoms with Crippen LogP contribution in [-0.4, -0.2) is 24.9 Å². The second-order valence-electron chi connectivity index (χ2n) is 4.58. The van der Waals surface area contributed by atoms with E-state index >= 15 is 0 Å². The molecule has 0 bridgehead atoms. The van der Waals surface area contributed by atoms with Gasteiger partial charge in [0.1, 0.15) is 0 Å². The SMILES string of the molecule is COC(=O)CCSc1ccc(Cl)cc1CNC1CC1. The molecule has 0 radical (unpaired) electrons. The number of thioether (sulfide) groups is 1. The Bertz CT molecular complexity index is 449. The van der Waals surface area contributed by atoms with Gasteiger partial charge >= 0.3 is 5.97 Å². The van der Waals surface area contributed by atoms with Crippen LogP contribution in [0.4, 0.5) is 0 Å². The molecule has 1 saturated carbocycles. The van der Waals surface area contributed by atoms with Crippen molar-refractivity contribution in [3.63, 3.8) is 0 Å². The summed E-state index contributed by atoms with van der Waals surface area (Å²) in [4.78, 5) is 12.3. The van der Waals surface area contributed by atoms with Crippen LogP contribution in [0.25, 0.3) is 0 Å². The Kier molecular flexibility index (Phi) is 5.55. The molecule has 1 fully saturated rings. The maximum absolute atomic E-state index is 11.1. The zero-order valence-corrected chi connectivity index (χ0v) is 12.5. The van der Waals surface area contributed by atoms with Crippen molar-refractivity contribution in [2.24, 2.45) is 0 Å². The van der Waals surface area contributed by atoms with Crippen molar-refractivity contribution in [3.8, 4) is 0 Å². The van der Waals surface area contributed by atoms with E-state index in [1.807, 2.05) is 18.2 Å². The van der Waals surface area contributed by atoms with Crippen molar-refractivity contribution in [3.05, 3.63) is 28.8 Å². The number of halogens is 1. The van der Waals surface area contributed by atoms with Crippen molar-refractivity contribution < 1.29 is 9.53 Å². The largest absolute Gasteiger partial charge is 0.469 e. The van der Waals surface area contributed by atoms with Gasteiger partial charge in [-0.3, -0.25) is 4.79 Å². The highest BCUT2D eigenvalue weighted by Crippen LogP contribution is 2.27. The van der Waals surface area contributed by atoms with Crippen LogP contribution in [0.1, 0.15) is 24.8 Å². The molecule has 19 heavy (non-hydrogen) atoms. The number of hydrogen-bond donors (Lipinski definition) is 1. The van der Waals surface area contributed by atoms with Gasteiger partial charge in [0.2, 0.25) is 0 Å². The fraction of sp³-hybridized carbons (Fsp3) is 0.500. The van der Waals surface area contributed by atoms with E-state index in [9.17, 15) is 4.79 Å². The molecule has 1 aliphatic carbocycles. The average molecular weight is 300 g/mol. The summed E-state index contributed by atoms with van der Waals surface area (Å²) < 4.78 is 4.64. The molecule has 1 aromatic rings. The molecule has 0 spiro atoms. The van der Waals surface area contributed by atoms with Gasteiger partial charge < -0.3 is 10.1 Å². The number of methoxy groups -OCH3 is 1. The van der Waals surface area contributed by atoms with Gasteiger partial charge in [0.15, 0.2) is 0 Å². The Morgan fingerprint density at radius 1 is 1.53 bits per heavy atom. The fourth-order valence-electron chi connectivity index (χ4n) is 1.72. The molecule has 5 heteroatoms. The van der Waals surface area contributed by atoms with Crippen LogP contribution in [0.15, 0.2) is 23.1 Å². The van der Waals surface area contributed by atoms with Gasteiger partial charge in [0.05, 0.1) is 13.5 Å². The number of esters is 1. The first-order valence-corrected chi connectivity index (χ1v) is 7.77. The third kappa shape index (κ3) is 5.05. The van der Waals surface area contributed by atoms with Crippen molar-refractivity contribution in [2.75, 3.05) is 12.9 Å². The lowest BCUT2D eigenvalue weighted by Gasteiger charge is -2.10. The Morgan fingerprint density at radius 2 is 2.32 bits per heavy atom. The average Bonchev–Trinajstić information content (AvgIpc) is 3.22. The molecule has 0 aliphatic heterocycles. The first-order chi connectivity index (χ1) is 9.19. The molecule has 0 aromatic heterocycles. The lowest BCUT2D eigenvalue weighted by Crippen LogP contribution is -2.15.